The highest BCUT2D eigenvalue weighted by molar-refractivity contribution is 7.97. The van der Waals surface area contributed by atoms with Crippen LogP contribution in [0.3, 0.4) is 0 Å². The summed E-state index contributed by atoms with van der Waals surface area (Å²) in [5.41, 5.74) is 5.40. The van der Waals surface area contributed by atoms with Crippen LogP contribution in [0.4, 0.5) is 0 Å². The number of rotatable bonds is 8. The molecule has 192 valence electrons. The van der Waals surface area contributed by atoms with Crippen molar-refractivity contribution >= 4 is 22.4 Å². The molecule has 1 heterocycles. The van der Waals surface area contributed by atoms with Gasteiger partial charge in [0.15, 0.2) is 14.7 Å². The maximum atomic E-state index is 11.1. The summed E-state index contributed by atoms with van der Waals surface area (Å²) < 4.78 is 5.16. The molecule has 4 aromatic carbocycles. The molecule has 0 N–H and O–H groups in total. The van der Waals surface area contributed by atoms with Crippen molar-refractivity contribution in [3.63, 3.8) is 0 Å². The summed E-state index contributed by atoms with van der Waals surface area (Å²) in [6.45, 7) is 4.69. The van der Waals surface area contributed by atoms with E-state index in [-0.39, 0.29) is 16.9 Å². The zero-order chi connectivity index (χ0) is 26.2. The molecule has 0 aliphatic carbocycles. The quantitative estimate of drug-likeness (QED) is 0.181. The van der Waals surface area contributed by atoms with Crippen LogP contribution >= 0.6 is 0 Å². The van der Waals surface area contributed by atoms with Gasteiger partial charge in [-0.05, 0) is 78.1 Å². The molecule has 0 radical (unpaired) electrons. The Labute approximate surface area is 229 Å². The van der Waals surface area contributed by atoms with Crippen molar-refractivity contribution < 1.29 is 9.53 Å². The molecule has 0 amide bonds. The van der Waals surface area contributed by atoms with Gasteiger partial charge in [-0.15, -0.1) is 0 Å². The van der Waals surface area contributed by atoms with Crippen molar-refractivity contribution in [3.8, 4) is 0 Å². The zero-order valence-electron chi connectivity index (χ0n) is 21.9. The van der Waals surface area contributed by atoms with Gasteiger partial charge in [-0.2, -0.15) is 0 Å². The highest BCUT2D eigenvalue weighted by Crippen LogP contribution is 2.35. The minimum atomic E-state index is -0.209. The minimum absolute atomic E-state index is 0.155. The summed E-state index contributed by atoms with van der Waals surface area (Å²) in [6, 6.07) is 41.6. The minimum Gasteiger partial charge on any atom is -0.465 e. The molecule has 4 aromatic rings. The molecule has 1 aliphatic rings. The van der Waals surface area contributed by atoms with E-state index in [4.69, 9.17) is 4.74 Å². The number of carbonyl (C=O) groups is 1. The first-order valence-corrected chi connectivity index (χ1v) is 14.5. The summed E-state index contributed by atoms with van der Waals surface area (Å²) in [5.74, 6) is -0.209. The Hall–Kier alpha value is -3.60. The van der Waals surface area contributed by atoms with E-state index < -0.39 is 0 Å². The van der Waals surface area contributed by atoms with Gasteiger partial charge in [0.2, 0.25) is 0 Å². The highest BCUT2D eigenvalue weighted by atomic mass is 32.2. The predicted octanol–water partition coefficient (Wildman–Crippen LogP) is 7.24. The second-order valence-corrected chi connectivity index (χ2v) is 11.5. The number of hydrogen-bond acceptors (Lipinski definition) is 3. The number of benzene rings is 4. The first kappa shape index (κ1) is 26.0. The number of likely N-dealkylation sites (tertiary alicyclic amines) is 1. The summed E-state index contributed by atoms with van der Waals surface area (Å²) in [7, 11) is -0.155. The van der Waals surface area contributed by atoms with E-state index in [1.165, 1.54) is 43.9 Å². The Balaban J connectivity index is 1.44. The van der Waals surface area contributed by atoms with Gasteiger partial charge in [0, 0.05) is 26.6 Å². The summed E-state index contributed by atoms with van der Waals surface area (Å²) >= 11 is 0. The van der Waals surface area contributed by atoms with Gasteiger partial charge in [-0.1, -0.05) is 72.3 Å². The smallest absolute Gasteiger partial charge is 0.302 e. The Morgan fingerprint density at radius 2 is 1.16 bits per heavy atom. The fourth-order valence-corrected chi connectivity index (χ4v) is 7.16. The highest BCUT2D eigenvalue weighted by Gasteiger charge is 2.28. The van der Waals surface area contributed by atoms with Crippen molar-refractivity contribution in [1.29, 1.82) is 0 Å². The molecular formula is C34H34NO2S+. The van der Waals surface area contributed by atoms with E-state index in [0.29, 0.717) is 6.61 Å². The fraction of sp³-hybridized carbons (Fsp3) is 0.206. The lowest BCUT2D eigenvalue weighted by molar-refractivity contribution is -0.141. The number of piperidine rings is 1. The van der Waals surface area contributed by atoms with E-state index >= 15 is 0 Å². The normalized spacial score (nSPS) is 13.9. The van der Waals surface area contributed by atoms with Gasteiger partial charge < -0.3 is 4.74 Å². The third kappa shape index (κ3) is 6.45. The monoisotopic (exact) mass is 520 g/mol. The van der Waals surface area contributed by atoms with E-state index in [1.54, 1.807) is 0 Å². The van der Waals surface area contributed by atoms with Gasteiger partial charge >= 0.3 is 5.97 Å². The molecule has 0 spiro atoms. The van der Waals surface area contributed by atoms with Gasteiger partial charge in [0.25, 0.3) is 0 Å². The van der Waals surface area contributed by atoms with Gasteiger partial charge in [0.1, 0.15) is 6.61 Å². The Morgan fingerprint density at radius 1 is 0.684 bits per heavy atom. The van der Waals surface area contributed by atoms with Crippen LogP contribution in [0.15, 0.2) is 136 Å². The van der Waals surface area contributed by atoms with Crippen molar-refractivity contribution in [3.05, 3.63) is 132 Å². The molecule has 0 atom stereocenters. The lowest BCUT2D eigenvalue weighted by atomic mass is 9.88. The van der Waals surface area contributed by atoms with Crippen LogP contribution in [0.25, 0.3) is 5.57 Å². The Morgan fingerprint density at radius 3 is 1.68 bits per heavy atom. The molecule has 4 heteroatoms. The van der Waals surface area contributed by atoms with Gasteiger partial charge in [-0.25, -0.2) is 0 Å². The van der Waals surface area contributed by atoms with E-state index in [9.17, 15) is 4.79 Å². The van der Waals surface area contributed by atoms with Crippen LogP contribution in [0.2, 0.25) is 0 Å². The number of ether oxygens (including phenoxy) is 1. The second-order valence-electron chi connectivity index (χ2n) is 9.48. The lowest BCUT2D eigenvalue weighted by Gasteiger charge is -2.30. The Kier molecular flexibility index (Phi) is 8.75. The average molecular weight is 521 g/mol. The van der Waals surface area contributed by atoms with Crippen molar-refractivity contribution in [1.82, 2.24) is 4.90 Å². The number of carbonyl (C=O) groups excluding carboxylic acids is 1. The van der Waals surface area contributed by atoms with Crippen LogP contribution in [0, 0.1) is 0 Å². The van der Waals surface area contributed by atoms with E-state index in [1.807, 2.05) is 0 Å². The van der Waals surface area contributed by atoms with Crippen molar-refractivity contribution in [2.45, 2.75) is 34.5 Å². The van der Waals surface area contributed by atoms with Gasteiger partial charge in [0.05, 0.1) is 10.9 Å². The van der Waals surface area contributed by atoms with Crippen LogP contribution < -0.4 is 0 Å². The summed E-state index contributed by atoms with van der Waals surface area (Å²) in [6.07, 6.45) is 2.04. The molecule has 0 bridgehead atoms. The molecule has 0 aromatic heterocycles. The average Bonchev–Trinajstić information content (AvgIpc) is 2.97. The molecule has 3 nitrogen and oxygen atoms in total. The van der Waals surface area contributed by atoms with Crippen molar-refractivity contribution in [2.75, 3.05) is 26.2 Å². The third-order valence-corrected chi connectivity index (χ3v) is 9.16. The topological polar surface area (TPSA) is 29.5 Å². The molecule has 38 heavy (non-hydrogen) atoms. The largest absolute Gasteiger partial charge is 0.465 e. The number of nitrogens with zero attached hydrogens (tertiary/aromatic N) is 1. The van der Waals surface area contributed by atoms with Crippen LogP contribution in [0.1, 0.15) is 30.9 Å². The number of hydrogen-bond donors (Lipinski definition) is 0. The first-order valence-electron chi connectivity index (χ1n) is 13.3. The predicted molar refractivity (Wildman–Crippen MR) is 156 cm³/mol. The van der Waals surface area contributed by atoms with E-state index in [2.05, 4.69) is 120 Å². The SMILES string of the molecule is CC(=O)OCCN1CCC(=C(c2ccccc2)c2ccc([S+](c3ccccc3)c3ccccc3)cc2)CC1. The third-order valence-electron chi connectivity index (χ3n) is 6.92. The van der Waals surface area contributed by atoms with E-state index in [0.717, 1.165) is 32.5 Å². The molecule has 1 aliphatic heterocycles. The Bertz CT molecular complexity index is 1300. The maximum absolute atomic E-state index is 11.1. The summed E-state index contributed by atoms with van der Waals surface area (Å²) in [5, 5.41) is 0. The van der Waals surface area contributed by atoms with Crippen LogP contribution in [0.5, 0.6) is 0 Å². The second kappa shape index (κ2) is 12.8. The molecule has 1 fully saturated rings. The van der Waals surface area contributed by atoms with Crippen molar-refractivity contribution in [2.24, 2.45) is 0 Å². The molecule has 0 unspecified atom stereocenters. The first-order chi connectivity index (χ1) is 18.7. The molecule has 1 saturated heterocycles. The number of esters is 1. The van der Waals surface area contributed by atoms with Crippen LogP contribution in [-0.4, -0.2) is 37.1 Å². The van der Waals surface area contributed by atoms with Gasteiger partial charge in [-0.3, -0.25) is 9.69 Å². The molecular weight excluding hydrogens is 486 g/mol. The van der Waals surface area contributed by atoms with Crippen LogP contribution in [-0.2, 0) is 20.4 Å². The molecule has 5 rings (SSSR count). The lowest BCUT2D eigenvalue weighted by Crippen LogP contribution is -2.34. The standard InChI is InChI=1S/C34H34NO2S/c1-27(36)37-26-25-35-23-21-30(22-24-35)34(28-11-5-2-6-12-28)29-17-19-33(20-18-29)38(31-13-7-3-8-14-31)32-15-9-4-10-16-32/h2-20H,21-26H2,1H3/q+1. The summed E-state index contributed by atoms with van der Waals surface area (Å²) in [4.78, 5) is 17.5. The zero-order valence-corrected chi connectivity index (χ0v) is 22.7. The molecule has 0 saturated carbocycles. The fourth-order valence-electron chi connectivity index (χ4n) is 5.07. The maximum Gasteiger partial charge on any atom is 0.302 e.